The Bertz CT molecular complexity index is 1030. The number of hydrogen-bond donors (Lipinski definition) is 1. The standard InChI is InChI=1S/C24H26N2O6/c1-4-11-32-24(29)16-5-7-19(8-6-16)25-22(27)15-26-10-9-17-12-20(30-2)21(31-3)13-18(17)14-23(26)28/h5-10,12-13H,4,11,14-15H2,1-3H3,(H,25,27). The number of carbonyl (C=O) groups excluding carboxylic acids is 3. The van der Waals surface area contributed by atoms with Crippen molar-refractivity contribution >= 4 is 29.5 Å². The summed E-state index contributed by atoms with van der Waals surface area (Å²) in [6, 6.07) is 9.98. The molecule has 0 fully saturated rings. The Morgan fingerprint density at radius 3 is 2.41 bits per heavy atom. The fourth-order valence-electron chi connectivity index (χ4n) is 3.23. The minimum Gasteiger partial charge on any atom is -0.493 e. The monoisotopic (exact) mass is 438 g/mol. The van der Waals surface area contributed by atoms with E-state index in [1.165, 1.54) is 12.0 Å². The molecule has 0 radical (unpaired) electrons. The van der Waals surface area contributed by atoms with E-state index in [0.717, 1.165) is 17.5 Å². The molecule has 168 valence electrons. The Morgan fingerprint density at radius 2 is 1.75 bits per heavy atom. The first-order chi connectivity index (χ1) is 15.4. The minimum absolute atomic E-state index is 0.130. The van der Waals surface area contributed by atoms with Crippen molar-refractivity contribution < 1.29 is 28.6 Å². The Morgan fingerprint density at radius 1 is 1.06 bits per heavy atom. The van der Waals surface area contributed by atoms with Gasteiger partial charge in [0.1, 0.15) is 6.54 Å². The summed E-state index contributed by atoms with van der Waals surface area (Å²) >= 11 is 0. The van der Waals surface area contributed by atoms with E-state index in [2.05, 4.69) is 5.32 Å². The molecule has 0 spiro atoms. The molecule has 1 heterocycles. The summed E-state index contributed by atoms with van der Waals surface area (Å²) in [6.45, 7) is 2.14. The molecule has 2 aromatic carbocycles. The van der Waals surface area contributed by atoms with Gasteiger partial charge in [-0.1, -0.05) is 6.92 Å². The van der Waals surface area contributed by atoms with Crippen LogP contribution in [0.15, 0.2) is 42.6 Å². The molecule has 3 rings (SSSR count). The smallest absolute Gasteiger partial charge is 0.338 e. The first-order valence-electron chi connectivity index (χ1n) is 10.2. The molecule has 32 heavy (non-hydrogen) atoms. The number of hydrogen-bond acceptors (Lipinski definition) is 6. The lowest BCUT2D eigenvalue weighted by Crippen LogP contribution is -2.34. The van der Waals surface area contributed by atoms with Crippen LogP contribution >= 0.6 is 0 Å². The van der Waals surface area contributed by atoms with E-state index in [4.69, 9.17) is 14.2 Å². The Labute approximate surface area is 186 Å². The van der Waals surface area contributed by atoms with Gasteiger partial charge >= 0.3 is 5.97 Å². The van der Waals surface area contributed by atoms with Crippen molar-refractivity contribution in [1.82, 2.24) is 4.90 Å². The van der Waals surface area contributed by atoms with Crippen LogP contribution in [0, 0.1) is 0 Å². The van der Waals surface area contributed by atoms with Gasteiger partial charge in [-0.2, -0.15) is 0 Å². The normalized spacial score (nSPS) is 12.6. The number of nitrogens with zero attached hydrogens (tertiary/aromatic N) is 1. The molecule has 0 aromatic heterocycles. The molecule has 0 saturated carbocycles. The number of methoxy groups -OCH3 is 2. The number of carbonyl (C=O) groups is 3. The second-order valence-corrected chi connectivity index (χ2v) is 7.18. The first-order valence-corrected chi connectivity index (χ1v) is 10.2. The molecule has 2 aromatic rings. The lowest BCUT2D eigenvalue weighted by Gasteiger charge is -2.17. The van der Waals surface area contributed by atoms with Crippen molar-refractivity contribution in [3.05, 3.63) is 59.3 Å². The van der Waals surface area contributed by atoms with Gasteiger partial charge in [0.25, 0.3) is 0 Å². The van der Waals surface area contributed by atoms with Crippen LogP contribution in [-0.4, -0.2) is 50.1 Å². The van der Waals surface area contributed by atoms with Crippen molar-refractivity contribution in [1.29, 1.82) is 0 Å². The van der Waals surface area contributed by atoms with E-state index in [9.17, 15) is 14.4 Å². The molecule has 1 N–H and O–H groups in total. The molecule has 0 bridgehead atoms. The molecule has 0 atom stereocenters. The van der Waals surface area contributed by atoms with Crippen LogP contribution in [0.5, 0.6) is 11.5 Å². The predicted octanol–water partition coefficient (Wildman–Crippen LogP) is 3.26. The van der Waals surface area contributed by atoms with Crippen LogP contribution in [0.25, 0.3) is 6.08 Å². The molecule has 8 nitrogen and oxygen atoms in total. The third-order valence-electron chi connectivity index (χ3n) is 4.90. The number of benzene rings is 2. The van der Waals surface area contributed by atoms with Gasteiger partial charge in [-0.15, -0.1) is 0 Å². The molecule has 0 aliphatic carbocycles. The third kappa shape index (κ3) is 5.46. The first kappa shape index (κ1) is 22.9. The summed E-state index contributed by atoms with van der Waals surface area (Å²) < 4.78 is 15.7. The van der Waals surface area contributed by atoms with Gasteiger partial charge in [-0.25, -0.2) is 4.79 Å². The average Bonchev–Trinajstić information content (AvgIpc) is 2.94. The summed E-state index contributed by atoms with van der Waals surface area (Å²) in [6.07, 6.45) is 4.24. The van der Waals surface area contributed by atoms with Crippen LogP contribution in [0.1, 0.15) is 34.8 Å². The maximum atomic E-state index is 12.7. The second-order valence-electron chi connectivity index (χ2n) is 7.18. The summed E-state index contributed by atoms with van der Waals surface area (Å²) in [5, 5.41) is 2.74. The fraction of sp³-hybridized carbons (Fsp3) is 0.292. The van der Waals surface area contributed by atoms with Crippen molar-refractivity contribution in [2.24, 2.45) is 0 Å². The van der Waals surface area contributed by atoms with E-state index in [-0.39, 0.29) is 24.8 Å². The number of amides is 2. The van der Waals surface area contributed by atoms with Gasteiger partial charge in [-0.3, -0.25) is 9.59 Å². The Hall–Kier alpha value is -3.81. The van der Waals surface area contributed by atoms with Gasteiger partial charge in [-0.05, 0) is 60.0 Å². The minimum atomic E-state index is -0.405. The van der Waals surface area contributed by atoms with Crippen molar-refractivity contribution in [2.75, 3.05) is 32.7 Å². The highest BCUT2D eigenvalue weighted by molar-refractivity contribution is 5.96. The van der Waals surface area contributed by atoms with Crippen molar-refractivity contribution in [2.45, 2.75) is 19.8 Å². The van der Waals surface area contributed by atoms with Gasteiger partial charge in [0.2, 0.25) is 11.8 Å². The third-order valence-corrected chi connectivity index (χ3v) is 4.90. The quantitative estimate of drug-likeness (QED) is 0.636. The zero-order valence-corrected chi connectivity index (χ0v) is 18.3. The highest BCUT2D eigenvalue weighted by atomic mass is 16.5. The molecule has 0 saturated heterocycles. The average molecular weight is 438 g/mol. The highest BCUT2D eigenvalue weighted by Crippen LogP contribution is 2.32. The van der Waals surface area contributed by atoms with Crippen LogP contribution in [0.3, 0.4) is 0 Å². The molecule has 2 amide bonds. The second kappa shape index (κ2) is 10.5. The van der Waals surface area contributed by atoms with Gasteiger partial charge in [0.05, 0.1) is 32.8 Å². The molecule has 1 aliphatic heterocycles. The molecular weight excluding hydrogens is 412 g/mol. The number of rotatable bonds is 8. The maximum Gasteiger partial charge on any atom is 0.338 e. The van der Waals surface area contributed by atoms with Gasteiger partial charge in [0.15, 0.2) is 11.5 Å². The van der Waals surface area contributed by atoms with E-state index < -0.39 is 5.97 Å². The van der Waals surface area contributed by atoms with Crippen LogP contribution < -0.4 is 14.8 Å². The lowest BCUT2D eigenvalue weighted by atomic mass is 10.0. The summed E-state index contributed by atoms with van der Waals surface area (Å²) in [4.78, 5) is 38.4. The van der Waals surface area contributed by atoms with Crippen LogP contribution in [0.2, 0.25) is 0 Å². The largest absolute Gasteiger partial charge is 0.493 e. The van der Waals surface area contributed by atoms with E-state index in [1.807, 2.05) is 6.92 Å². The fourth-order valence-corrected chi connectivity index (χ4v) is 3.23. The number of ether oxygens (including phenoxy) is 3. The van der Waals surface area contributed by atoms with E-state index in [1.54, 1.807) is 55.8 Å². The number of anilines is 1. The maximum absolute atomic E-state index is 12.7. The number of nitrogens with one attached hydrogen (secondary N) is 1. The van der Waals surface area contributed by atoms with Crippen LogP contribution in [0.4, 0.5) is 5.69 Å². The number of fused-ring (bicyclic) bond motifs is 1. The zero-order chi connectivity index (χ0) is 23.1. The Balaban J connectivity index is 1.64. The van der Waals surface area contributed by atoms with E-state index in [0.29, 0.717) is 29.4 Å². The van der Waals surface area contributed by atoms with Gasteiger partial charge < -0.3 is 24.4 Å². The summed E-state index contributed by atoms with van der Waals surface area (Å²) in [5.41, 5.74) is 2.54. The topological polar surface area (TPSA) is 94.2 Å². The summed E-state index contributed by atoms with van der Waals surface area (Å²) in [7, 11) is 3.09. The van der Waals surface area contributed by atoms with Crippen molar-refractivity contribution in [3.63, 3.8) is 0 Å². The lowest BCUT2D eigenvalue weighted by molar-refractivity contribution is -0.131. The van der Waals surface area contributed by atoms with Crippen LogP contribution in [-0.2, 0) is 20.7 Å². The summed E-state index contributed by atoms with van der Waals surface area (Å²) in [5.74, 6) is 0.136. The zero-order valence-electron chi connectivity index (χ0n) is 18.3. The molecule has 0 unspecified atom stereocenters. The highest BCUT2D eigenvalue weighted by Gasteiger charge is 2.21. The molecule has 1 aliphatic rings. The predicted molar refractivity (Wildman–Crippen MR) is 120 cm³/mol. The van der Waals surface area contributed by atoms with Crippen molar-refractivity contribution in [3.8, 4) is 11.5 Å². The van der Waals surface area contributed by atoms with Gasteiger partial charge in [0, 0.05) is 11.9 Å². The molecule has 8 heteroatoms. The van der Waals surface area contributed by atoms with E-state index >= 15 is 0 Å². The molecular formula is C24H26N2O6. The number of esters is 1. The Kier molecular flexibility index (Phi) is 7.49. The SMILES string of the molecule is CCCOC(=O)c1ccc(NC(=O)CN2C=Cc3cc(OC)c(OC)cc3CC2=O)cc1.